The van der Waals surface area contributed by atoms with Crippen LogP contribution in [0.1, 0.15) is 29.6 Å². The summed E-state index contributed by atoms with van der Waals surface area (Å²) in [5.74, 6) is -2.09. The molecule has 1 saturated carbocycles. The first kappa shape index (κ1) is 15.2. The van der Waals surface area contributed by atoms with Crippen LogP contribution in [-0.2, 0) is 4.79 Å². The topological polar surface area (TPSA) is 75.6 Å². The molecule has 0 spiro atoms. The van der Waals surface area contributed by atoms with Gasteiger partial charge in [0.15, 0.2) is 0 Å². The molecule has 2 rings (SSSR count). The number of amides is 1. The molecular formula is C14H15F2NO4. The first-order valence-corrected chi connectivity index (χ1v) is 6.55. The van der Waals surface area contributed by atoms with Crippen molar-refractivity contribution in [3.05, 3.63) is 29.8 Å². The summed E-state index contributed by atoms with van der Waals surface area (Å²) in [7, 11) is 0. The minimum atomic E-state index is -3.01. The molecule has 0 saturated heterocycles. The van der Waals surface area contributed by atoms with Gasteiger partial charge < -0.3 is 15.2 Å². The molecule has 0 unspecified atom stereocenters. The van der Waals surface area contributed by atoms with E-state index in [1.54, 1.807) is 6.07 Å². The van der Waals surface area contributed by atoms with E-state index >= 15 is 0 Å². The van der Waals surface area contributed by atoms with Crippen molar-refractivity contribution in [3.8, 4) is 5.75 Å². The largest absolute Gasteiger partial charge is 0.481 e. The maximum Gasteiger partial charge on any atom is 0.387 e. The van der Waals surface area contributed by atoms with Gasteiger partial charge in [-0.05, 0) is 31.4 Å². The molecule has 5 nitrogen and oxygen atoms in total. The Labute approximate surface area is 119 Å². The van der Waals surface area contributed by atoms with Gasteiger partial charge in [0.1, 0.15) is 5.75 Å². The number of para-hydroxylation sites is 1. The summed E-state index contributed by atoms with van der Waals surface area (Å²) in [6.45, 7) is -3.01. The summed E-state index contributed by atoms with van der Waals surface area (Å²) in [5, 5.41) is 11.6. The third-order valence-electron chi connectivity index (χ3n) is 3.46. The van der Waals surface area contributed by atoms with Crippen molar-refractivity contribution in [3.63, 3.8) is 0 Å². The number of hydrogen-bond acceptors (Lipinski definition) is 3. The lowest BCUT2D eigenvalue weighted by Gasteiger charge is -2.14. The van der Waals surface area contributed by atoms with Gasteiger partial charge in [-0.3, -0.25) is 9.59 Å². The third kappa shape index (κ3) is 3.90. The van der Waals surface area contributed by atoms with Crippen LogP contribution in [0.5, 0.6) is 5.75 Å². The lowest BCUT2D eigenvalue weighted by Crippen LogP contribution is -2.33. The summed E-state index contributed by atoms with van der Waals surface area (Å²) >= 11 is 0. The average Bonchev–Trinajstić information content (AvgIpc) is 2.87. The van der Waals surface area contributed by atoms with E-state index in [9.17, 15) is 18.4 Å². The second-order valence-electron chi connectivity index (χ2n) is 4.89. The van der Waals surface area contributed by atoms with Gasteiger partial charge in [-0.2, -0.15) is 8.78 Å². The van der Waals surface area contributed by atoms with Gasteiger partial charge in [-0.1, -0.05) is 12.1 Å². The Hall–Kier alpha value is -2.18. The predicted octanol–water partition coefficient (Wildman–Crippen LogP) is 2.27. The Bertz CT molecular complexity index is 535. The van der Waals surface area contributed by atoms with Crippen molar-refractivity contribution < 1.29 is 28.2 Å². The van der Waals surface area contributed by atoms with Crippen molar-refractivity contribution in [2.24, 2.45) is 5.92 Å². The molecule has 1 amide bonds. The zero-order valence-corrected chi connectivity index (χ0v) is 11.1. The lowest BCUT2D eigenvalue weighted by atomic mass is 10.1. The SMILES string of the molecule is O=C(N[C@H]1CC[C@@H](C(=O)O)C1)c1ccccc1OC(F)F. The van der Waals surface area contributed by atoms with Gasteiger partial charge in [0.05, 0.1) is 11.5 Å². The van der Waals surface area contributed by atoms with Crippen LogP contribution < -0.4 is 10.1 Å². The molecule has 0 heterocycles. The summed E-state index contributed by atoms with van der Waals surface area (Å²) in [4.78, 5) is 23.0. The summed E-state index contributed by atoms with van der Waals surface area (Å²) < 4.78 is 28.9. The molecule has 114 valence electrons. The Morgan fingerprint density at radius 2 is 2.00 bits per heavy atom. The van der Waals surface area contributed by atoms with Crippen LogP contribution >= 0.6 is 0 Å². The first-order chi connectivity index (χ1) is 9.97. The number of aliphatic carboxylic acids is 1. The minimum Gasteiger partial charge on any atom is -0.481 e. The highest BCUT2D eigenvalue weighted by Gasteiger charge is 2.31. The number of carbonyl (C=O) groups is 2. The molecule has 2 N–H and O–H groups in total. The zero-order chi connectivity index (χ0) is 15.4. The molecule has 1 aliphatic carbocycles. The smallest absolute Gasteiger partial charge is 0.387 e. The Kier molecular flexibility index (Phi) is 4.72. The number of halogens is 2. The number of benzene rings is 1. The number of carboxylic acids is 1. The van der Waals surface area contributed by atoms with Crippen LogP contribution in [0, 0.1) is 5.92 Å². The number of nitrogens with one attached hydrogen (secondary N) is 1. The molecule has 0 radical (unpaired) electrons. The van der Waals surface area contributed by atoms with Crippen LogP contribution in [0.4, 0.5) is 8.78 Å². The monoisotopic (exact) mass is 299 g/mol. The van der Waals surface area contributed by atoms with Crippen molar-refractivity contribution in [2.75, 3.05) is 0 Å². The van der Waals surface area contributed by atoms with E-state index in [0.29, 0.717) is 19.3 Å². The molecule has 21 heavy (non-hydrogen) atoms. The van der Waals surface area contributed by atoms with Crippen molar-refractivity contribution >= 4 is 11.9 Å². The zero-order valence-electron chi connectivity index (χ0n) is 11.1. The number of carbonyl (C=O) groups excluding carboxylic acids is 1. The molecule has 1 aliphatic rings. The van der Waals surface area contributed by atoms with E-state index in [1.165, 1.54) is 18.2 Å². The van der Waals surface area contributed by atoms with Gasteiger partial charge in [-0.25, -0.2) is 0 Å². The number of hydrogen-bond donors (Lipinski definition) is 2. The van der Waals surface area contributed by atoms with E-state index in [2.05, 4.69) is 10.1 Å². The number of rotatable bonds is 5. The minimum absolute atomic E-state index is 0.0107. The van der Waals surface area contributed by atoms with Crippen LogP contribution in [0.15, 0.2) is 24.3 Å². The second kappa shape index (κ2) is 6.51. The normalized spacial score (nSPS) is 21.3. The lowest BCUT2D eigenvalue weighted by molar-refractivity contribution is -0.141. The number of carboxylic acid groups (broad SMARTS) is 1. The molecule has 0 bridgehead atoms. The standard InChI is InChI=1S/C14H15F2NO4/c15-14(16)21-11-4-2-1-3-10(11)12(18)17-9-6-5-8(7-9)13(19)20/h1-4,8-9,14H,5-7H2,(H,17,18)(H,19,20)/t8-,9+/m1/s1. The van der Waals surface area contributed by atoms with Crippen molar-refractivity contribution in [1.82, 2.24) is 5.32 Å². The summed E-state index contributed by atoms with van der Waals surface area (Å²) in [6.07, 6.45) is 1.40. The fourth-order valence-corrected chi connectivity index (χ4v) is 2.45. The number of ether oxygens (including phenoxy) is 1. The highest BCUT2D eigenvalue weighted by molar-refractivity contribution is 5.97. The summed E-state index contributed by atoms with van der Waals surface area (Å²) in [6, 6.07) is 5.44. The van der Waals surface area contributed by atoms with Crippen LogP contribution in [0.3, 0.4) is 0 Å². The molecular weight excluding hydrogens is 284 g/mol. The Morgan fingerprint density at radius 1 is 1.29 bits per heavy atom. The van der Waals surface area contributed by atoms with Crippen LogP contribution in [0.2, 0.25) is 0 Å². The highest BCUT2D eigenvalue weighted by Crippen LogP contribution is 2.27. The number of alkyl halides is 2. The molecule has 0 aliphatic heterocycles. The van der Waals surface area contributed by atoms with Crippen LogP contribution in [0.25, 0.3) is 0 Å². The van der Waals surface area contributed by atoms with E-state index in [0.717, 1.165) is 0 Å². The van der Waals surface area contributed by atoms with E-state index in [4.69, 9.17) is 5.11 Å². The molecule has 1 aromatic rings. The Balaban J connectivity index is 2.02. The van der Waals surface area contributed by atoms with Gasteiger partial charge in [0, 0.05) is 6.04 Å². The molecule has 0 aromatic heterocycles. The van der Waals surface area contributed by atoms with E-state index in [-0.39, 0.29) is 17.4 Å². The molecule has 2 atom stereocenters. The van der Waals surface area contributed by atoms with E-state index in [1.807, 2.05) is 0 Å². The average molecular weight is 299 g/mol. The van der Waals surface area contributed by atoms with Crippen molar-refractivity contribution in [1.29, 1.82) is 0 Å². The quantitative estimate of drug-likeness (QED) is 0.874. The Morgan fingerprint density at radius 3 is 2.62 bits per heavy atom. The summed E-state index contributed by atoms with van der Waals surface area (Å²) in [5.41, 5.74) is 0.0107. The third-order valence-corrected chi connectivity index (χ3v) is 3.46. The van der Waals surface area contributed by atoms with Gasteiger partial charge in [0.2, 0.25) is 0 Å². The molecule has 1 fully saturated rings. The molecule has 7 heteroatoms. The highest BCUT2D eigenvalue weighted by atomic mass is 19.3. The fourth-order valence-electron chi connectivity index (χ4n) is 2.45. The molecule has 1 aromatic carbocycles. The van der Waals surface area contributed by atoms with Gasteiger partial charge in [-0.15, -0.1) is 0 Å². The van der Waals surface area contributed by atoms with E-state index < -0.39 is 24.4 Å². The van der Waals surface area contributed by atoms with Gasteiger partial charge >= 0.3 is 12.6 Å². The van der Waals surface area contributed by atoms with Crippen LogP contribution in [-0.4, -0.2) is 29.6 Å². The predicted molar refractivity (Wildman–Crippen MR) is 69.3 cm³/mol. The maximum absolute atomic E-state index is 12.3. The fraction of sp³-hybridized carbons (Fsp3) is 0.429. The maximum atomic E-state index is 12.3. The van der Waals surface area contributed by atoms with Crippen molar-refractivity contribution in [2.45, 2.75) is 31.9 Å². The first-order valence-electron chi connectivity index (χ1n) is 6.55. The second-order valence-corrected chi connectivity index (χ2v) is 4.89. The van der Waals surface area contributed by atoms with Gasteiger partial charge in [0.25, 0.3) is 5.91 Å².